The van der Waals surface area contributed by atoms with Crippen molar-refractivity contribution >= 4 is 17.1 Å². The van der Waals surface area contributed by atoms with Crippen molar-refractivity contribution in [3.05, 3.63) is 138 Å². The molecule has 2 aliphatic carbocycles. The SMILES string of the molecule is CC1(C)c2ccccc2-c2cccc(N(c3ccccc3)c3cccc4c3C(C)(C)c3ccccc3-4)c21. The Morgan fingerprint density at radius 1 is 0.405 bits per heavy atom. The van der Waals surface area contributed by atoms with E-state index in [9.17, 15) is 0 Å². The van der Waals surface area contributed by atoms with Crippen molar-refractivity contribution in [2.45, 2.75) is 38.5 Å². The zero-order valence-corrected chi connectivity index (χ0v) is 21.9. The fourth-order valence-corrected chi connectivity index (χ4v) is 7.00. The first kappa shape index (κ1) is 22.1. The van der Waals surface area contributed by atoms with Gasteiger partial charge in [-0.15, -0.1) is 0 Å². The Kier molecular flexibility index (Phi) is 4.60. The van der Waals surface area contributed by atoms with Crippen LogP contribution >= 0.6 is 0 Å². The van der Waals surface area contributed by atoms with Crippen molar-refractivity contribution in [2.75, 3.05) is 4.90 Å². The molecule has 0 fully saturated rings. The second-order valence-electron chi connectivity index (χ2n) is 11.4. The summed E-state index contributed by atoms with van der Waals surface area (Å²) in [4.78, 5) is 2.51. The Balaban J connectivity index is 1.55. The number of nitrogens with zero attached hydrogens (tertiary/aromatic N) is 1. The van der Waals surface area contributed by atoms with Crippen LogP contribution in [0.15, 0.2) is 115 Å². The van der Waals surface area contributed by atoms with Gasteiger partial charge in [0, 0.05) is 16.5 Å². The number of hydrogen-bond acceptors (Lipinski definition) is 1. The van der Waals surface area contributed by atoms with Crippen molar-refractivity contribution in [2.24, 2.45) is 0 Å². The van der Waals surface area contributed by atoms with E-state index in [1.54, 1.807) is 0 Å². The number of anilines is 3. The zero-order valence-electron chi connectivity index (χ0n) is 21.9. The molecule has 2 aliphatic rings. The normalized spacial score (nSPS) is 15.5. The molecular weight excluding hydrogens is 446 g/mol. The summed E-state index contributed by atoms with van der Waals surface area (Å²) in [5, 5.41) is 0. The van der Waals surface area contributed by atoms with Crippen LogP contribution in [-0.4, -0.2) is 0 Å². The van der Waals surface area contributed by atoms with E-state index in [4.69, 9.17) is 0 Å². The smallest absolute Gasteiger partial charge is 0.0508 e. The summed E-state index contributed by atoms with van der Waals surface area (Å²) >= 11 is 0. The average Bonchev–Trinajstić information content (AvgIpc) is 3.31. The molecule has 0 bridgehead atoms. The van der Waals surface area contributed by atoms with Gasteiger partial charge >= 0.3 is 0 Å². The molecule has 180 valence electrons. The van der Waals surface area contributed by atoms with Gasteiger partial charge in [0.15, 0.2) is 0 Å². The minimum absolute atomic E-state index is 0.105. The molecule has 7 rings (SSSR count). The summed E-state index contributed by atoms with van der Waals surface area (Å²) in [6, 6.07) is 42.4. The summed E-state index contributed by atoms with van der Waals surface area (Å²) in [5.41, 5.74) is 14.5. The average molecular weight is 478 g/mol. The lowest BCUT2D eigenvalue weighted by Gasteiger charge is -2.35. The van der Waals surface area contributed by atoms with E-state index in [1.807, 2.05) is 0 Å². The third kappa shape index (κ3) is 2.98. The molecule has 37 heavy (non-hydrogen) atoms. The van der Waals surface area contributed by atoms with Crippen LogP contribution in [0.3, 0.4) is 0 Å². The Labute approximate surface area is 220 Å². The molecule has 1 nitrogen and oxygen atoms in total. The van der Waals surface area contributed by atoms with Crippen molar-refractivity contribution < 1.29 is 0 Å². The summed E-state index contributed by atoms with van der Waals surface area (Å²) in [6.07, 6.45) is 0. The van der Waals surface area contributed by atoms with Gasteiger partial charge in [-0.1, -0.05) is 119 Å². The van der Waals surface area contributed by atoms with E-state index in [1.165, 1.54) is 61.6 Å². The molecular formula is C36H31N. The first-order valence-corrected chi connectivity index (χ1v) is 13.2. The maximum absolute atomic E-state index is 2.51. The fraction of sp³-hybridized carbons (Fsp3) is 0.167. The highest BCUT2D eigenvalue weighted by Crippen LogP contribution is 2.57. The minimum Gasteiger partial charge on any atom is -0.310 e. The topological polar surface area (TPSA) is 3.24 Å². The van der Waals surface area contributed by atoms with Gasteiger partial charge in [-0.05, 0) is 68.8 Å². The monoisotopic (exact) mass is 477 g/mol. The van der Waals surface area contributed by atoms with E-state index in [2.05, 4.69) is 148 Å². The highest BCUT2D eigenvalue weighted by atomic mass is 15.2. The summed E-state index contributed by atoms with van der Waals surface area (Å²) in [6.45, 7) is 9.50. The molecule has 0 saturated carbocycles. The van der Waals surface area contributed by atoms with Gasteiger partial charge in [0.25, 0.3) is 0 Å². The molecule has 0 heterocycles. The van der Waals surface area contributed by atoms with Crippen LogP contribution in [0.2, 0.25) is 0 Å². The van der Waals surface area contributed by atoms with Crippen LogP contribution in [0, 0.1) is 0 Å². The number of benzene rings is 5. The predicted molar refractivity (Wildman–Crippen MR) is 156 cm³/mol. The number of hydrogen-bond donors (Lipinski definition) is 0. The molecule has 0 amide bonds. The molecule has 0 N–H and O–H groups in total. The van der Waals surface area contributed by atoms with Gasteiger partial charge in [0.2, 0.25) is 0 Å². The van der Waals surface area contributed by atoms with Crippen LogP contribution < -0.4 is 4.90 Å². The first-order chi connectivity index (χ1) is 17.9. The van der Waals surface area contributed by atoms with Crippen molar-refractivity contribution in [3.63, 3.8) is 0 Å². The molecule has 5 aromatic carbocycles. The van der Waals surface area contributed by atoms with E-state index < -0.39 is 0 Å². The highest BCUT2D eigenvalue weighted by Gasteiger charge is 2.41. The van der Waals surface area contributed by atoms with E-state index in [0.717, 1.165) is 0 Å². The highest BCUT2D eigenvalue weighted by molar-refractivity contribution is 5.94. The van der Waals surface area contributed by atoms with Crippen LogP contribution in [-0.2, 0) is 10.8 Å². The third-order valence-corrected chi connectivity index (χ3v) is 8.61. The molecule has 0 atom stereocenters. The second-order valence-corrected chi connectivity index (χ2v) is 11.4. The minimum atomic E-state index is -0.105. The van der Waals surface area contributed by atoms with Crippen LogP contribution in [0.5, 0.6) is 0 Å². The molecule has 0 aromatic heterocycles. The summed E-state index contributed by atoms with van der Waals surface area (Å²) in [7, 11) is 0. The number of rotatable bonds is 3. The Hall–Kier alpha value is -4.10. The van der Waals surface area contributed by atoms with Crippen molar-refractivity contribution in [3.8, 4) is 22.3 Å². The number of fused-ring (bicyclic) bond motifs is 6. The molecule has 1 heteroatoms. The lowest BCUT2D eigenvalue weighted by Crippen LogP contribution is -2.23. The van der Waals surface area contributed by atoms with E-state index >= 15 is 0 Å². The zero-order chi connectivity index (χ0) is 25.4. The van der Waals surface area contributed by atoms with Crippen molar-refractivity contribution in [1.29, 1.82) is 0 Å². The van der Waals surface area contributed by atoms with Gasteiger partial charge < -0.3 is 4.90 Å². The van der Waals surface area contributed by atoms with Gasteiger partial charge in [0.05, 0.1) is 11.4 Å². The van der Waals surface area contributed by atoms with Crippen LogP contribution in [0.1, 0.15) is 49.9 Å². The lowest BCUT2D eigenvalue weighted by atomic mass is 9.80. The maximum atomic E-state index is 2.51. The lowest BCUT2D eigenvalue weighted by molar-refractivity contribution is 0.656. The maximum Gasteiger partial charge on any atom is 0.0508 e. The van der Waals surface area contributed by atoms with Crippen LogP contribution in [0.4, 0.5) is 17.1 Å². The summed E-state index contributed by atoms with van der Waals surface area (Å²) in [5.74, 6) is 0. The van der Waals surface area contributed by atoms with Gasteiger partial charge in [-0.3, -0.25) is 0 Å². The second kappa shape index (κ2) is 7.70. The Morgan fingerprint density at radius 3 is 1.30 bits per heavy atom. The van der Waals surface area contributed by atoms with Gasteiger partial charge in [-0.2, -0.15) is 0 Å². The van der Waals surface area contributed by atoms with Crippen molar-refractivity contribution in [1.82, 2.24) is 0 Å². The van der Waals surface area contributed by atoms with Gasteiger partial charge in [0.1, 0.15) is 0 Å². The molecule has 0 unspecified atom stereocenters. The van der Waals surface area contributed by atoms with Gasteiger partial charge in [-0.25, -0.2) is 0 Å². The molecule has 0 aliphatic heterocycles. The number of para-hydroxylation sites is 1. The Morgan fingerprint density at radius 2 is 0.811 bits per heavy atom. The standard InChI is InChI=1S/C36H31N/c1-35(2)29-20-10-8-16-25(29)27-18-12-22-31(33(27)35)37(24-14-6-5-7-15-24)32-23-13-19-28-26-17-9-11-21-30(26)36(3,4)34(28)32/h5-23H,1-4H3. The third-order valence-electron chi connectivity index (χ3n) is 8.61. The Bertz CT molecular complexity index is 1570. The van der Waals surface area contributed by atoms with E-state index in [0.29, 0.717) is 0 Å². The predicted octanol–water partition coefficient (Wildman–Crippen LogP) is 9.77. The first-order valence-electron chi connectivity index (χ1n) is 13.2. The largest absolute Gasteiger partial charge is 0.310 e. The molecule has 5 aromatic rings. The van der Waals surface area contributed by atoms with Crippen LogP contribution in [0.25, 0.3) is 22.3 Å². The molecule has 0 radical (unpaired) electrons. The molecule has 0 saturated heterocycles. The quantitative estimate of drug-likeness (QED) is 0.250. The van der Waals surface area contributed by atoms with E-state index in [-0.39, 0.29) is 10.8 Å². The summed E-state index contributed by atoms with van der Waals surface area (Å²) < 4.78 is 0. The molecule has 0 spiro atoms. The fourth-order valence-electron chi connectivity index (χ4n) is 7.00.